The van der Waals surface area contributed by atoms with Crippen LogP contribution in [0.15, 0.2) is 17.0 Å². The van der Waals surface area contributed by atoms with Gasteiger partial charge in [-0.1, -0.05) is 23.2 Å². The number of aromatic carboxylic acids is 1. The Morgan fingerprint density at radius 3 is 2.40 bits per heavy atom. The normalized spacial score (nSPS) is 11.2. The molecule has 9 heteroatoms. The van der Waals surface area contributed by atoms with Crippen LogP contribution >= 0.6 is 23.2 Å². The third-order valence-corrected chi connectivity index (χ3v) is 5.05. The lowest BCUT2D eigenvalue weighted by atomic mass is 10.2. The predicted octanol–water partition coefficient (Wildman–Crippen LogP) is 1.60. The van der Waals surface area contributed by atoms with Crippen LogP contribution in [0.3, 0.4) is 0 Å². The first-order valence-electron chi connectivity index (χ1n) is 5.35. The number of carbonyl (C=O) groups is 2. The SMILES string of the molecule is CNC(=O)CCS(=O)(=O)c1ccc(Cl)c(C(=O)O)c1Cl. The quantitative estimate of drug-likeness (QED) is 0.848. The Morgan fingerprint density at radius 2 is 1.90 bits per heavy atom. The Balaban J connectivity index is 3.23. The Hall–Kier alpha value is -1.31. The van der Waals surface area contributed by atoms with Crippen LogP contribution in [0, 0.1) is 0 Å². The van der Waals surface area contributed by atoms with E-state index < -0.39 is 38.1 Å². The monoisotopic (exact) mass is 339 g/mol. The van der Waals surface area contributed by atoms with E-state index in [0.717, 1.165) is 12.1 Å². The first kappa shape index (κ1) is 16.7. The largest absolute Gasteiger partial charge is 0.478 e. The van der Waals surface area contributed by atoms with E-state index in [-0.39, 0.29) is 16.3 Å². The summed E-state index contributed by atoms with van der Waals surface area (Å²) in [7, 11) is -2.50. The Kier molecular flexibility index (Phi) is 5.38. The molecule has 0 aromatic heterocycles. The molecule has 20 heavy (non-hydrogen) atoms. The maximum absolute atomic E-state index is 12.1. The Morgan fingerprint density at radius 1 is 1.30 bits per heavy atom. The summed E-state index contributed by atoms with van der Waals surface area (Å²) < 4.78 is 24.1. The van der Waals surface area contributed by atoms with E-state index >= 15 is 0 Å². The van der Waals surface area contributed by atoms with E-state index in [1.165, 1.54) is 7.05 Å². The summed E-state index contributed by atoms with van der Waals surface area (Å²) in [5.74, 6) is -2.35. The molecular weight excluding hydrogens is 329 g/mol. The van der Waals surface area contributed by atoms with E-state index in [9.17, 15) is 18.0 Å². The lowest BCUT2D eigenvalue weighted by molar-refractivity contribution is -0.120. The molecule has 0 bridgehead atoms. The standard InChI is InChI=1S/C11H11Cl2NO5S/c1-14-8(15)4-5-20(18,19)7-3-2-6(12)9(10(7)13)11(16)17/h2-3H,4-5H2,1H3,(H,14,15)(H,16,17). The van der Waals surface area contributed by atoms with Crippen LogP contribution < -0.4 is 5.32 Å². The first-order valence-corrected chi connectivity index (χ1v) is 7.76. The van der Waals surface area contributed by atoms with Gasteiger partial charge in [-0.15, -0.1) is 0 Å². The number of hydrogen-bond donors (Lipinski definition) is 2. The molecule has 0 aliphatic carbocycles. The minimum Gasteiger partial charge on any atom is -0.478 e. The van der Waals surface area contributed by atoms with Crippen LogP contribution in [0.4, 0.5) is 0 Å². The molecule has 2 N–H and O–H groups in total. The van der Waals surface area contributed by atoms with Crippen LogP contribution in [-0.2, 0) is 14.6 Å². The lowest BCUT2D eigenvalue weighted by Crippen LogP contribution is -2.21. The molecule has 0 spiro atoms. The van der Waals surface area contributed by atoms with Gasteiger partial charge in [0.25, 0.3) is 0 Å². The molecule has 1 aromatic carbocycles. The zero-order valence-corrected chi connectivity index (χ0v) is 12.6. The molecule has 0 fully saturated rings. The summed E-state index contributed by atoms with van der Waals surface area (Å²) in [6.45, 7) is 0. The van der Waals surface area contributed by atoms with E-state index in [4.69, 9.17) is 28.3 Å². The van der Waals surface area contributed by atoms with Gasteiger partial charge in [-0.05, 0) is 12.1 Å². The van der Waals surface area contributed by atoms with Crippen molar-refractivity contribution in [2.45, 2.75) is 11.3 Å². The fraction of sp³-hybridized carbons (Fsp3) is 0.273. The number of rotatable bonds is 5. The van der Waals surface area contributed by atoms with E-state index in [1.807, 2.05) is 0 Å². The van der Waals surface area contributed by atoms with Gasteiger partial charge < -0.3 is 10.4 Å². The van der Waals surface area contributed by atoms with Gasteiger partial charge in [0.1, 0.15) is 0 Å². The molecule has 110 valence electrons. The van der Waals surface area contributed by atoms with Gasteiger partial charge in [0.2, 0.25) is 5.91 Å². The van der Waals surface area contributed by atoms with Crippen molar-refractivity contribution in [1.29, 1.82) is 0 Å². The number of halogens is 2. The van der Waals surface area contributed by atoms with E-state index in [0.29, 0.717) is 0 Å². The summed E-state index contributed by atoms with van der Waals surface area (Å²) >= 11 is 11.5. The van der Waals surface area contributed by atoms with E-state index in [1.54, 1.807) is 0 Å². The molecule has 6 nitrogen and oxygen atoms in total. The molecule has 0 heterocycles. The van der Waals surface area contributed by atoms with Gasteiger partial charge >= 0.3 is 5.97 Å². The maximum Gasteiger partial charge on any atom is 0.338 e. The van der Waals surface area contributed by atoms with Crippen molar-refractivity contribution in [2.24, 2.45) is 0 Å². The maximum atomic E-state index is 12.1. The highest BCUT2D eigenvalue weighted by Crippen LogP contribution is 2.31. The summed E-state index contributed by atoms with van der Waals surface area (Å²) in [6, 6.07) is 2.26. The van der Waals surface area contributed by atoms with Crippen molar-refractivity contribution in [2.75, 3.05) is 12.8 Å². The van der Waals surface area contributed by atoms with Crippen molar-refractivity contribution in [3.8, 4) is 0 Å². The second-order valence-corrected chi connectivity index (χ2v) is 6.64. The highest BCUT2D eigenvalue weighted by atomic mass is 35.5. The summed E-state index contributed by atoms with van der Waals surface area (Å²) in [5, 5.41) is 10.6. The molecule has 0 saturated heterocycles. The number of benzene rings is 1. The zero-order valence-electron chi connectivity index (χ0n) is 10.3. The molecule has 1 aromatic rings. The number of sulfone groups is 1. The van der Waals surface area contributed by atoms with Crippen molar-refractivity contribution in [1.82, 2.24) is 5.32 Å². The van der Waals surface area contributed by atoms with Crippen LogP contribution in [0.2, 0.25) is 10.0 Å². The molecule has 0 radical (unpaired) electrons. The molecule has 1 amide bonds. The van der Waals surface area contributed by atoms with E-state index in [2.05, 4.69) is 5.32 Å². The fourth-order valence-electron chi connectivity index (χ4n) is 1.43. The molecule has 0 atom stereocenters. The van der Waals surface area contributed by atoms with Crippen molar-refractivity contribution in [3.63, 3.8) is 0 Å². The molecular formula is C11H11Cl2NO5S. The third-order valence-electron chi connectivity index (χ3n) is 2.48. The van der Waals surface area contributed by atoms with Crippen LogP contribution in [0.1, 0.15) is 16.8 Å². The number of carboxylic acids is 1. The molecule has 0 aliphatic rings. The topological polar surface area (TPSA) is 101 Å². The number of carboxylic acid groups (broad SMARTS) is 1. The molecule has 0 unspecified atom stereocenters. The minimum absolute atomic E-state index is 0.159. The number of hydrogen-bond acceptors (Lipinski definition) is 4. The highest BCUT2D eigenvalue weighted by molar-refractivity contribution is 7.91. The van der Waals surface area contributed by atoms with Crippen molar-refractivity contribution in [3.05, 3.63) is 27.7 Å². The Labute approximate surface area is 125 Å². The van der Waals surface area contributed by atoms with Crippen molar-refractivity contribution < 1.29 is 23.1 Å². The summed E-state index contributed by atoms with van der Waals surface area (Å²) in [6.07, 6.45) is -0.250. The second-order valence-electron chi connectivity index (χ2n) is 3.78. The van der Waals surface area contributed by atoms with Gasteiger partial charge in [0.05, 0.1) is 26.3 Å². The highest BCUT2D eigenvalue weighted by Gasteiger charge is 2.25. The van der Waals surface area contributed by atoms with Gasteiger partial charge in [-0.3, -0.25) is 4.79 Å². The third kappa shape index (κ3) is 3.62. The zero-order chi connectivity index (χ0) is 15.5. The van der Waals surface area contributed by atoms with Crippen LogP contribution in [0.5, 0.6) is 0 Å². The lowest BCUT2D eigenvalue weighted by Gasteiger charge is -2.09. The predicted molar refractivity (Wildman–Crippen MR) is 74.2 cm³/mol. The minimum atomic E-state index is -3.88. The first-order chi connectivity index (χ1) is 9.20. The van der Waals surface area contributed by atoms with Gasteiger partial charge in [0, 0.05) is 13.5 Å². The fourth-order valence-corrected chi connectivity index (χ4v) is 3.64. The molecule has 1 rings (SSSR count). The van der Waals surface area contributed by atoms with Gasteiger partial charge in [0.15, 0.2) is 9.84 Å². The number of nitrogens with one attached hydrogen (secondary N) is 1. The smallest absolute Gasteiger partial charge is 0.338 e. The Bertz CT molecular complexity index is 657. The van der Waals surface area contributed by atoms with Crippen LogP contribution in [-0.4, -0.2) is 38.2 Å². The second kappa shape index (κ2) is 6.43. The number of amides is 1. The molecule has 0 aliphatic heterocycles. The van der Waals surface area contributed by atoms with Crippen molar-refractivity contribution >= 4 is 44.9 Å². The summed E-state index contributed by atoms with van der Waals surface area (Å²) in [4.78, 5) is 21.7. The average molecular weight is 340 g/mol. The average Bonchev–Trinajstić information content (AvgIpc) is 2.35. The van der Waals surface area contributed by atoms with Crippen LogP contribution in [0.25, 0.3) is 0 Å². The number of carbonyl (C=O) groups excluding carboxylic acids is 1. The van der Waals surface area contributed by atoms with Gasteiger partial charge in [-0.2, -0.15) is 0 Å². The summed E-state index contributed by atoms with van der Waals surface area (Å²) in [5.41, 5.74) is -0.477. The van der Waals surface area contributed by atoms with Gasteiger partial charge in [-0.25, -0.2) is 13.2 Å². The molecule has 0 saturated carbocycles.